The molecule has 0 aliphatic carbocycles. The average Bonchev–Trinajstić information content (AvgIpc) is 2.83. The number of hydrogen-bond donors (Lipinski definition) is 0. The Hall–Kier alpha value is -2.09. The molecule has 1 aliphatic rings. The number of thiocarbonyl (C=S) groups is 1. The summed E-state index contributed by atoms with van der Waals surface area (Å²) in [6, 6.07) is 2.73. The van der Waals surface area contributed by atoms with Crippen molar-refractivity contribution in [1.82, 2.24) is 5.01 Å². The van der Waals surface area contributed by atoms with Gasteiger partial charge in [-0.1, -0.05) is 12.2 Å². The first-order valence-electron chi connectivity index (χ1n) is 4.27. The van der Waals surface area contributed by atoms with E-state index in [2.05, 4.69) is 10.1 Å². The van der Waals surface area contributed by atoms with Crippen molar-refractivity contribution in [1.29, 1.82) is 0 Å². The molecule has 0 aromatic carbocycles. The summed E-state index contributed by atoms with van der Waals surface area (Å²) in [5, 5.41) is 15.8. The zero-order chi connectivity index (χ0) is 11.5. The molecule has 1 aromatic heterocycles. The maximum absolute atomic E-state index is 10.3. The van der Waals surface area contributed by atoms with E-state index in [1.165, 1.54) is 29.7 Å². The topological polar surface area (TPSA) is 84.2 Å². The van der Waals surface area contributed by atoms with E-state index < -0.39 is 4.92 Å². The van der Waals surface area contributed by atoms with Crippen LogP contribution in [0.2, 0.25) is 0 Å². The summed E-state index contributed by atoms with van der Waals surface area (Å²) in [6.07, 6.45) is 2.85. The van der Waals surface area contributed by atoms with Crippen molar-refractivity contribution in [3.05, 3.63) is 28.0 Å². The lowest BCUT2D eigenvalue weighted by Gasteiger charge is -2.02. The summed E-state index contributed by atoms with van der Waals surface area (Å²) in [5.41, 5.74) is 0. The van der Waals surface area contributed by atoms with Crippen LogP contribution in [0.1, 0.15) is 5.76 Å². The van der Waals surface area contributed by atoms with E-state index in [0.717, 1.165) is 0 Å². The van der Waals surface area contributed by atoms with Gasteiger partial charge in [-0.3, -0.25) is 10.1 Å². The van der Waals surface area contributed by atoms with Gasteiger partial charge in [-0.05, 0) is 6.07 Å². The molecule has 1 aromatic rings. The van der Waals surface area contributed by atoms with Crippen LogP contribution in [0.3, 0.4) is 0 Å². The number of hydrogen-bond acceptors (Lipinski definition) is 6. The predicted molar refractivity (Wildman–Crippen MR) is 60.8 cm³/mol. The summed E-state index contributed by atoms with van der Waals surface area (Å²) in [5.74, 6) is -0.00928. The summed E-state index contributed by atoms with van der Waals surface area (Å²) in [7, 11) is 0. The molecule has 0 N–H and O–H groups in total. The van der Waals surface area contributed by atoms with Crippen LogP contribution in [0.5, 0.6) is 0 Å². The third-order valence-electron chi connectivity index (χ3n) is 1.76. The lowest BCUT2D eigenvalue weighted by molar-refractivity contribution is -0.402. The monoisotopic (exact) mass is 238 g/mol. The Labute approximate surface area is 95.2 Å². The zero-order valence-electron chi connectivity index (χ0n) is 7.94. The van der Waals surface area contributed by atoms with Gasteiger partial charge in [-0.2, -0.15) is 5.10 Å². The van der Waals surface area contributed by atoms with Gasteiger partial charge in [0.15, 0.2) is 5.76 Å². The van der Waals surface area contributed by atoms with Crippen molar-refractivity contribution in [2.24, 2.45) is 10.1 Å². The lowest BCUT2D eigenvalue weighted by Crippen LogP contribution is -2.13. The van der Waals surface area contributed by atoms with Gasteiger partial charge < -0.3 is 4.42 Å². The van der Waals surface area contributed by atoms with Gasteiger partial charge in [-0.15, -0.1) is 0 Å². The molecule has 2 heterocycles. The normalized spacial score (nSPS) is 15.2. The molecule has 1 aliphatic heterocycles. The van der Waals surface area contributed by atoms with Gasteiger partial charge in [0.2, 0.25) is 0 Å². The van der Waals surface area contributed by atoms with E-state index in [9.17, 15) is 10.1 Å². The van der Waals surface area contributed by atoms with Crippen LogP contribution < -0.4 is 0 Å². The van der Waals surface area contributed by atoms with E-state index >= 15 is 0 Å². The van der Waals surface area contributed by atoms with Gasteiger partial charge >= 0.3 is 5.88 Å². The molecule has 0 atom stereocenters. The summed E-state index contributed by atoms with van der Waals surface area (Å²) in [6.45, 7) is 0.439. The highest BCUT2D eigenvalue weighted by molar-refractivity contribution is 7.80. The van der Waals surface area contributed by atoms with Crippen LogP contribution >= 0.6 is 12.2 Å². The Morgan fingerprint density at radius 3 is 3.06 bits per heavy atom. The van der Waals surface area contributed by atoms with Crippen molar-refractivity contribution < 1.29 is 9.34 Å². The van der Waals surface area contributed by atoms with Crippen molar-refractivity contribution in [2.75, 3.05) is 6.54 Å². The van der Waals surface area contributed by atoms with E-state index in [0.29, 0.717) is 17.3 Å². The van der Waals surface area contributed by atoms with E-state index in [-0.39, 0.29) is 5.88 Å². The molecule has 0 saturated heterocycles. The molecule has 0 saturated carbocycles. The van der Waals surface area contributed by atoms with Crippen LogP contribution in [-0.2, 0) is 0 Å². The standard InChI is InChI=1S/C8H6N4O3S/c13-12(14)8-2-1-6(15-8)3-10-11-4-7(16)9-5-11/h1-3,5H,4H2. The first-order valence-corrected chi connectivity index (χ1v) is 4.68. The highest BCUT2D eigenvalue weighted by Crippen LogP contribution is 2.14. The number of furan rings is 1. The Balaban J connectivity index is 2.03. The Morgan fingerprint density at radius 2 is 2.50 bits per heavy atom. The second-order valence-electron chi connectivity index (χ2n) is 2.91. The molecule has 0 spiro atoms. The van der Waals surface area contributed by atoms with Crippen LogP contribution in [0.4, 0.5) is 5.88 Å². The number of rotatable bonds is 3. The second kappa shape index (κ2) is 4.19. The van der Waals surface area contributed by atoms with Crippen molar-refractivity contribution in [3.8, 4) is 0 Å². The number of nitro groups is 1. The smallest absolute Gasteiger partial charge is 0.400 e. The molecule has 7 nitrogen and oxygen atoms in total. The minimum absolute atomic E-state index is 0.304. The highest BCUT2D eigenvalue weighted by Gasteiger charge is 2.11. The van der Waals surface area contributed by atoms with Crippen molar-refractivity contribution >= 4 is 35.6 Å². The Kier molecular flexibility index (Phi) is 2.73. The molecule has 0 fully saturated rings. The zero-order valence-corrected chi connectivity index (χ0v) is 8.75. The molecule has 16 heavy (non-hydrogen) atoms. The second-order valence-corrected chi connectivity index (χ2v) is 3.38. The predicted octanol–water partition coefficient (Wildman–Crippen LogP) is 1.19. The van der Waals surface area contributed by atoms with Gasteiger partial charge in [0.05, 0.1) is 18.8 Å². The largest absolute Gasteiger partial charge is 0.433 e. The molecule has 8 heteroatoms. The highest BCUT2D eigenvalue weighted by atomic mass is 32.1. The Bertz CT molecular complexity index is 493. The molecule has 82 valence electrons. The minimum atomic E-state index is -0.607. The van der Waals surface area contributed by atoms with Crippen LogP contribution in [0, 0.1) is 10.1 Å². The fourth-order valence-corrected chi connectivity index (χ4v) is 1.24. The van der Waals surface area contributed by atoms with Gasteiger partial charge in [0.1, 0.15) is 16.3 Å². The van der Waals surface area contributed by atoms with Gasteiger partial charge in [0.25, 0.3) is 0 Å². The summed E-state index contributed by atoms with van der Waals surface area (Å²) in [4.78, 5) is 14.1. The molecule has 0 unspecified atom stereocenters. The van der Waals surface area contributed by atoms with Crippen molar-refractivity contribution in [3.63, 3.8) is 0 Å². The molecule has 0 amide bonds. The summed E-state index contributed by atoms with van der Waals surface area (Å²) >= 11 is 4.84. The third-order valence-corrected chi connectivity index (χ3v) is 1.99. The van der Waals surface area contributed by atoms with Crippen molar-refractivity contribution in [2.45, 2.75) is 0 Å². The van der Waals surface area contributed by atoms with E-state index in [1.54, 1.807) is 0 Å². The fraction of sp³-hybridized carbons (Fsp3) is 0.125. The van der Waals surface area contributed by atoms with E-state index in [4.69, 9.17) is 16.6 Å². The number of nitrogens with zero attached hydrogens (tertiary/aromatic N) is 4. The molecular formula is C8H6N4O3S. The minimum Gasteiger partial charge on any atom is -0.400 e. The maximum atomic E-state index is 10.3. The first-order chi connectivity index (χ1) is 7.65. The maximum Gasteiger partial charge on any atom is 0.433 e. The Morgan fingerprint density at radius 1 is 1.69 bits per heavy atom. The fourth-order valence-electron chi connectivity index (χ4n) is 1.06. The average molecular weight is 238 g/mol. The van der Waals surface area contributed by atoms with Crippen LogP contribution in [0.15, 0.2) is 26.6 Å². The van der Waals surface area contributed by atoms with Gasteiger partial charge in [0, 0.05) is 0 Å². The number of hydrazone groups is 1. The lowest BCUT2D eigenvalue weighted by atomic mass is 10.5. The van der Waals surface area contributed by atoms with Crippen LogP contribution in [0.25, 0.3) is 0 Å². The summed E-state index contributed by atoms with van der Waals surface area (Å²) < 4.78 is 4.88. The third kappa shape index (κ3) is 2.28. The molecule has 2 rings (SSSR count). The van der Waals surface area contributed by atoms with E-state index in [1.807, 2.05) is 0 Å². The molecule has 0 radical (unpaired) electrons. The number of aliphatic imine (C=N–C) groups is 1. The van der Waals surface area contributed by atoms with Crippen LogP contribution in [-0.4, -0.2) is 34.0 Å². The quantitative estimate of drug-likeness (QED) is 0.342. The van der Waals surface area contributed by atoms with Gasteiger partial charge in [-0.25, -0.2) is 10.0 Å². The molecule has 0 bridgehead atoms. The molecular weight excluding hydrogens is 232 g/mol. The first kappa shape index (κ1) is 10.4. The SMILES string of the molecule is O=[N+]([O-])c1ccc(C=NN2C=NC(=S)C2)o1.